The van der Waals surface area contributed by atoms with E-state index < -0.39 is 12.0 Å². The molecule has 0 bridgehead atoms. The first-order valence-corrected chi connectivity index (χ1v) is 6.41. The van der Waals surface area contributed by atoms with Gasteiger partial charge in [-0.05, 0) is 5.92 Å². The molecule has 6 nitrogen and oxygen atoms in total. The number of hydrogen-bond acceptors (Lipinski definition) is 4. The summed E-state index contributed by atoms with van der Waals surface area (Å²) >= 11 is 0. The Morgan fingerprint density at radius 1 is 1.53 bits per heavy atom. The molecule has 0 saturated heterocycles. The van der Waals surface area contributed by atoms with Gasteiger partial charge in [-0.1, -0.05) is 20.3 Å². The van der Waals surface area contributed by atoms with E-state index in [9.17, 15) is 9.59 Å². The van der Waals surface area contributed by atoms with Crippen LogP contribution in [0, 0.1) is 5.92 Å². The summed E-state index contributed by atoms with van der Waals surface area (Å²) in [6, 6.07) is -0.679. The first kappa shape index (κ1) is 15.2. The van der Waals surface area contributed by atoms with Crippen molar-refractivity contribution in [3.05, 3.63) is 18.2 Å². The van der Waals surface area contributed by atoms with Gasteiger partial charge < -0.3 is 15.0 Å². The minimum Gasteiger partial charge on any atom is -0.467 e. The zero-order valence-corrected chi connectivity index (χ0v) is 11.6. The van der Waals surface area contributed by atoms with Gasteiger partial charge in [-0.25, -0.2) is 9.78 Å². The molecule has 6 heteroatoms. The Kier molecular flexibility index (Phi) is 6.05. The number of esters is 1. The van der Waals surface area contributed by atoms with Crippen LogP contribution in [0.25, 0.3) is 0 Å². The average Bonchev–Trinajstić information content (AvgIpc) is 2.89. The highest BCUT2D eigenvalue weighted by atomic mass is 16.5. The van der Waals surface area contributed by atoms with E-state index in [1.54, 1.807) is 6.20 Å². The Balaban J connectivity index is 2.59. The highest BCUT2D eigenvalue weighted by Gasteiger charge is 2.22. The molecule has 1 aromatic heterocycles. The summed E-state index contributed by atoms with van der Waals surface area (Å²) in [4.78, 5) is 30.3. The van der Waals surface area contributed by atoms with E-state index in [0.717, 1.165) is 12.1 Å². The Labute approximate surface area is 112 Å². The molecule has 0 aromatic carbocycles. The second-order valence-corrected chi connectivity index (χ2v) is 4.64. The number of hydrogen-bond donors (Lipinski definition) is 2. The highest BCUT2D eigenvalue weighted by Crippen LogP contribution is 2.07. The third kappa shape index (κ3) is 5.11. The molecule has 0 saturated carbocycles. The third-order valence-corrected chi connectivity index (χ3v) is 3.03. The molecule has 0 aliphatic rings. The Hall–Kier alpha value is -1.85. The van der Waals surface area contributed by atoms with Crippen molar-refractivity contribution in [3.63, 3.8) is 0 Å². The van der Waals surface area contributed by atoms with Gasteiger partial charge in [0.2, 0.25) is 5.91 Å². The van der Waals surface area contributed by atoms with Gasteiger partial charge in [0, 0.05) is 24.7 Å². The second-order valence-electron chi connectivity index (χ2n) is 4.64. The molecule has 2 N–H and O–H groups in total. The first-order valence-electron chi connectivity index (χ1n) is 6.41. The second kappa shape index (κ2) is 7.56. The van der Waals surface area contributed by atoms with Crippen LogP contribution in [0.4, 0.5) is 0 Å². The maximum Gasteiger partial charge on any atom is 0.328 e. The number of aromatic nitrogens is 2. The maximum absolute atomic E-state index is 11.8. The van der Waals surface area contributed by atoms with E-state index in [1.165, 1.54) is 13.4 Å². The predicted molar refractivity (Wildman–Crippen MR) is 70.3 cm³/mol. The zero-order valence-electron chi connectivity index (χ0n) is 11.6. The Morgan fingerprint density at radius 2 is 2.26 bits per heavy atom. The molecule has 1 amide bonds. The van der Waals surface area contributed by atoms with Crippen LogP contribution >= 0.6 is 0 Å². The largest absolute Gasteiger partial charge is 0.467 e. The standard InChI is InChI=1S/C13H21N3O3/c1-4-9(2)5-12(17)16-11(13(18)19-3)6-10-7-14-8-15-10/h7-9,11H,4-6H2,1-3H3,(H,14,15)(H,16,17)/t9?,11-/m0/s1. The topological polar surface area (TPSA) is 84.1 Å². The lowest BCUT2D eigenvalue weighted by molar-refractivity contribution is -0.145. The van der Waals surface area contributed by atoms with Crippen LogP contribution in [-0.2, 0) is 20.7 Å². The molecule has 0 aliphatic carbocycles. The number of nitrogens with one attached hydrogen (secondary N) is 2. The first-order chi connectivity index (χ1) is 9.06. The van der Waals surface area contributed by atoms with Gasteiger partial charge in [-0.3, -0.25) is 4.79 Å². The smallest absolute Gasteiger partial charge is 0.328 e. The number of amides is 1. The van der Waals surface area contributed by atoms with Gasteiger partial charge in [-0.2, -0.15) is 0 Å². The average molecular weight is 267 g/mol. The highest BCUT2D eigenvalue weighted by molar-refractivity contribution is 5.84. The van der Waals surface area contributed by atoms with Crippen LogP contribution in [0.15, 0.2) is 12.5 Å². The quantitative estimate of drug-likeness (QED) is 0.723. The molecular weight excluding hydrogens is 246 g/mol. The number of imidazole rings is 1. The third-order valence-electron chi connectivity index (χ3n) is 3.03. The number of rotatable bonds is 7. The number of nitrogens with zero attached hydrogens (tertiary/aromatic N) is 1. The van der Waals surface area contributed by atoms with Crippen LogP contribution in [0.3, 0.4) is 0 Å². The number of methoxy groups -OCH3 is 1. The molecule has 0 spiro atoms. The van der Waals surface area contributed by atoms with E-state index in [0.29, 0.717) is 18.8 Å². The van der Waals surface area contributed by atoms with Gasteiger partial charge >= 0.3 is 5.97 Å². The van der Waals surface area contributed by atoms with Gasteiger partial charge in [0.1, 0.15) is 6.04 Å². The van der Waals surface area contributed by atoms with Crippen molar-refractivity contribution in [1.29, 1.82) is 0 Å². The molecule has 1 heterocycles. The molecule has 0 fully saturated rings. The predicted octanol–water partition coefficient (Wildman–Crippen LogP) is 1.05. The molecule has 1 unspecified atom stereocenters. The van der Waals surface area contributed by atoms with Gasteiger partial charge in [-0.15, -0.1) is 0 Å². The summed E-state index contributed by atoms with van der Waals surface area (Å²) in [6.07, 6.45) is 4.84. The normalized spacial score (nSPS) is 13.6. The summed E-state index contributed by atoms with van der Waals surface area (Å²) < 4.78 is 4.71. The Morgan fingerprint density at radius 3 is 2.79 bits per heavy atom. The summed E-state index contributed by atoms with van der Waals surface area (Å²) in [5.41, 5.74) is 0.777. The summed E-state index contributed by atoms with van der Waals surface area (Å²) in [7, 11) is 1.31. The number of carbonyl (C=O) groups is 2. The van der Waals surface area contributed by atoms with Gasteiger partial charge in [0.25, 0.3) is 0 Å². The molecule has 19 heavy (non-hydrogen) atoms. The van der Waals surface area contributed by atoms with E-state index >= 15 is 0 Å². The van der Waals surface area contributed by atoms with Crippen molar-refractivity contribution >= 4 is 11.9 Å². The fourth-order valence-corrected chi connectivity index (χ4v) is 1.67. The van der Waals surface area contributed by atoms with Gasteiger partial charge in [0.15, 0.2) is 0 Å². The molecular formula is C13H21N3O3. The number of H-pyrrole nitrogens is 1. The minimum atomic E-state index is -0.679. The van der Waals surface area contributed by atoms with Crippen LogP contribution in [-0.4, -0.2) is 35.0 Å². The van der Waals surface area contributed by atoms with E-state index in [-0.39, 0.29) is 5.91 Å². The molecule has 0 radical (unpaired) electrons. The maximum atomic E-state index is 11.8. The fraction of sp³-hybridized carbons (Fsp3) is 0.615. The monoisotopic (exact) mass is 267 g/mol. The molecule has 1 rings (SSSR count). The van der Waals surface area contributed by atoms with Crippen LogP contribution in [0.5, 0.6) is 0 Å². The van der Waals surface area contributed by atoms with Crippen LogP contribution in [0.1, 0.15) is 32.4 Å². The van der Waals surface area contributed by atoms with Crippen molar-refractivity contribution in [3.8, 4) is 0 Å². The Bertz CT molecular complexity index is 403. The van der Waals surface area contributed by atoms with E-state index in [2.05, 4.69) is 15.3 Å². The van der Waals surface area contributed by atoms with E-state index in [1.807, 2.05) is 13.8 Å². The van der Waals surface area contributed by atoms with Crippen molar-refractivity contribution in [1.82, 2.24) is 15.3 Å². The lowest BCUT2D eigenvalue weighted by atomic mass is 10.0. The number of carbonyl (C=O) groups excluding carboxylic acids is 2. The number of aromatic amines is 1. The van der Waals surface area contributed by atoms with E-state index in [4.69, 9.17) is 4.74 Å². The number of ether oxygens (including phenoxy) is 1. The summed E-state index contributed by atoms with van der Waals surface area (Å²) in [5.74, 6) is -0.290. The molecule has 1 aromatic rings. The van der Waals surface area contributed by atoms with Gasteiger partial charge in [0.05, 0.1) is 13.4 Å². The zero-order chi connectivity index (χ0) is 14.3. The fourth-order valence-electron chi connectivity index (χ4n) is 1.67. The van der Waals surface area contributed by atoms with Crippen molar-refractivity contribution in [2.75, 3.05) is 7.11 Å². The SMILES string of the molecule is CCC(C)CC(=O)N[C@@H](Cc1cnc[nH]1)C(=O)OC. The van der Waals surface area contributed by atoms with Crippen molar-refractivity contribution in [2.45, 2.75) is 39.2 Å². The van der Waals surface area contributed by atoms with Crippen LogP contribution < -0.4 is 5.32 Å². The molecule has 106 valence electrons. The lowest BCUT2D eigenvalue weighted by Crippen LogP contribution is -2.43. The lowest BCUT2D eigenvalue weighted by Gasteiger charge is -2.17. The molecule has 0 aliphatic heterocycles. The van der Waals surface area contributed by atoms with Crippen molar-refractivity contribution < 1.29 is 14.3 Å². The molecule has 2 atom stereocenters. The summed E-state index contributed by atoms with van der Waals surface area (Å²) in [5, 5.41) is 2.71. The van der Waals surface area contributed by atoms with Crippen LogP contribution in [0.2, 0.25) is 0 Å². The van der Waals surface area contributed by atoms with Crippen molar-refractivity contribution in [2.24, 2.45) is 5.92 Å². The summed E-state index contributed by atoms with van der Waals surface area (Å²) in [6.45, 7) is 4.03. The minimum absolute atomic E-state index is 0.135.